The highest BCUT2D eigenvalue weighted by Gasteiger charge is 2.02. The SMILES string of the molecule is Cl.Cl.O=[PH2]Nc1ccc([N+](=O)[O-])cc1. The Hall–Kier alpha value is -0.770. The maximum absolute atomic E-state index is 10.2. The Kier molecular flexibility index (Phi) is 8.54. The summed E-state index contributed by atoms with van der Waals surface area (Å²) in [5, 5.41) is 12.8. The van der Waals surface area contributed by atoms with Gasteiger partial charge in [0.15, 0.2) is 0 Å². The Labute approximate surface area is 94.1 Å². The maximum atomic E-state index is 10.2. The van der Waals surface area contributed by atoms with E-state index in [4.69, 9.17) is 0 Å². The van der Waals surface area contributed by atoms with Crippen LogP contribution in [0.25, 0.3) is 0 Å². The Morgan fingerprint density at radius 1 is 1.21 bits per heavy atom. The fraction of sp³-hybridized carbons (Fsp3) is 0. The number of nitrogens with zero attached hydrogens (tertiary/aromatic N) is 1. The number of hydrogen-bond donors (Lipinski definition) is 1. The number of nitro benzene ring substituents is 1. The second-order valence-corrected chi connectivity index (χ2v) is 2.59. The molecule has 1 rings (SSSR count). The first-order valence-electron chi connectivity index (χ1n) is 3.18. The van der Waals surface area contributed by atoms with Gasteiger partial charge in [0.1, 0.15) is 8.61 Å². The van der Waals surface area contributed by atoms with Gasteiger partial charge in [0.2, 0.25) is 0 Å². The molecular weight excluding hydrogens is 250 g/mol. The van der Waals surface area contributed by atoms with E-state index in [1.54, 1.807) is 0 Å². The van der Waals surface area contributed by atoms with E-state index in [1.165, 1.54) is 24.3 Å². The monoisotopic (exact) mass is 258 g/mol. The van der Waals surface area contributed by atoms with Gasteiger partial charge in [0.05, 0.1) is 4.92 Å². The third-order valence-corrected chi connectivity index (χ3v) is 1.75. The summed E-state index contributed by atoms with van der Waals surface area (Å²) >= 11 is 0. The normalized spacial score (nSPS) is 8.86. The minimum atomic E-state index is -1.06. The van der Waals surface area contributed by atoms with Gasteiger partial charge in [-0.15, -0.1) is 24.8 Å². The van der Waals surface area contributed by atoms with Crippen LogP contribution in [-0.2, 0) is 4.57 Å². The number of benzene rings is 1. The highest BCUT2D eigenvalue weighted by Crippen LogP contribution is 2.16. The summed E-state index contributed by atoms with van der Waals surface area (Å²) in [7, 11) is -1.06. The van der Waals surface area contributed by atoms with Gasteiger partial charge >= 0.3 is 0 Å². The Morgan fingerprint density at radius 3 is 2.07 bits per heavy atom. The molecule has 5 nitrogen and oxygen atoms in total. The van der Waals surface area contributed by atoms with Crippen molar-refractivity contribution in [1.82, 2.24) is 0 Å². The lowest BCUT2D eigenvalue weighted by molar-refractivity contribution is -0.384. The predicted molar refractivity (Wildman–Crippen MR) is 61.6 cm³/mol. The number of anilines is 1. The van der Waals surface area contributed by atoms with Crippen LogP contribution in [-0.4, -0.2) is 4.92 Å². The zero-order chi connectivity index (χ0) is 8.97. The van der Waals surface area contributed by atoms with Crippen molar-refractivity contribution in [3.63, 3.8) is 0 Å². The minimum absolute atomic E-state index is 0. The van der Waals surface area contributed by atoms with Crippen molar-refractivity contribution in [2.45, 2.75) is 0 Å². The Bertz CT molecular complexity index is 306. The molecule has 0 amide bonds. The van der Waals surface area contributed by atoms with Crippen LogP contribution in [0.4, 0.5) is 11.4 Å². The zero-order valence-corrected chi connectivity index (χ0v) is 9.66. The summed E-state index contributed by atoms with van der Waals surface area (Å²) in [5.74, 6) is 0. The molecule has 0 bridgehead atoms. The summed E-state index contributed by atoms with van der Waals surface area (Å²) in [6.45, 7) is 0. The molecule has 1 N–H and O–H groups in total. The summed E-state index contributed by atoms with van der Waals surface area (Å²) in [6, 6.07) is 5.75. The lowest BCUT2D eigenvalue weighted by atomic mass is 10.3. The first-order valence-corrected chi connectivity index (χ1v) is 4.23. The lowest BCUT2D eigenvalue weighted by Crippen LogP contribution is -1.87. The molecule has 0 aromatic heterocycles. The van der Waals surface area contributed by atoms with Gasteiger partial charge in [-0.05, 0) is 12.1 Å². The van der Waals surface area contributed by atoms with Gasteiger partial charge < -0.3 is 9.65 Å². The van der Waals surface area contributed by atoms with Crippen LogP contribution in [0.1, 0.15) is 0 Å². The van der Waals surface area contributed by atoms with Crippen LogP contribution in [0.2, 0.25) is 0 Å². The fourth-order valence-electron chi connectivity index (χ4n) is 0.747. The molecule has 0 radical (unpaired) electrons. The molecule has 1 atom stereocenters. The van der Waals surface area contributed by atoms with Gasteiger partial charge in [-0.2, -0.15) is 0 Å². The highest BCUT2D eigenvalue weighted by atomic mass is 35.5. The molecule has 0 saturated heterocycles. The highest BCUT2D eigenvalue weighted by molar-refractivity contribution is 7.25. The van der Waals surface area contributed by atoms with Crippen molar-refractivity contribution in [3.05, 3.63) is 34.4 Å². The standard InChI is InChI=1S/C6H7N2O3P.2ClH/c9-8(10)6-3-1-5(2-4-6)7-12-11;;/h1-4H,12H2,(H,7,11);2*1H. The van der Waals surface area contributed by atoms with Gasteiger partial charge in [-0.3, -0.25) is 10.1 Å². The molecule has 8 heteroatoms. The van der Waals surface area contributed by atoms with Crippen LogP contribution >= 0.6 is 33.4 Å². The number of nitro groups is 1. The predicted octanol–water partition coefficient (Wildman–Crippen LogP) is 2.52. The van der Waals surface area contributed by atoms with Crippen molar-refractivity contribution >= 4 is 44.8 Å². The topological polar surface area (TPSA) is 72.2 Å². The molecular formula is C6H9Cl2N2O3P. The molecule has 1 aromatic rings. The van der Waals surface area contributed by atoms with E-state index in [9.17, 15) is 14.7 Å². The molecule has 1 unspecified atom stereocenters. The molecule has 0 fully saturated rings. The van der Waals surface area contributed by atoms with Gasteiger partial charge in [0.25, 0.3) is 5.69 Å². The van der Waals surface area contributed by atoms with Crippen LogP contribution < -0.4 is 5.09 Å². The summed E-state index contributed by atoms with van der Waals surface area (Å²) in [4.78, 5) is 9.72. The molecule has 0 spiro atoms. The van der Waals surface area contributed by atoms with Crippen molar-refractivity contribution < 1.29 is 9.49 Å². The second-order valence-electron chi connectivity index (χ2n) is 2.07. The molecule has 14 heavy (non-hydrogen) atoms. The Morgan fingerprint density at radius 2 is 1.71 bits per heavy atom. The van der Waals surface area contributed by atoms with E-state index in [0.717, 1.165) is 0 Å². The quantitative estimate of drug-likeness (QED) is 0.514. The molecule has 0 aliphatic carbocycles. The number of nitrogens with one attached hydrogen (secondary N) is 1. The second kappa shape index (κ2) is 7.62. The van der Waals surface area contributed by atoms with E-state index in [1.807, 2.05) is 0 Å². The zero-order valence-electron chi connectivity index (χ0n) is 6.88. The largest absolute Gasteiger partial charge is 0.340 e. The van der Waals surface area contributed by atoms with Crippen molar-refractivity contribution in [1.29, 1.82) is 0 Å². The van der Waals surface area contributed by atoms with Crippen LogP contribution in [0.15, 0.2) is 24.3 Å². The minimum Gasteiger partial charge on any atom is -0.340 e. The average Bonchev–Trinajstić information content (AvgIpc) is 2.06. The summed E-state index contributed by atoms with van der Waals surface area (Å²) in [6.07, 6.45) is 0. The number of rotatable bonds is 3. The average molecular weight is 259 g/mol. The van der Waals surface area contributed by atoms with E-state index < -0.39 is 13.5 Å². The number of hydrogen-bond acceptors (Lipinski definition) is 3. The van der Waals surface area contributed by atoms with Crippen LogP contribution in [0.5, 0.6) is 0 Å². The van der Waals surface area contributed by atoms with E-state index in [2.05, 4.69) is 5.09 Å². The summed E-state index contributed by atoms with van der Waals surface area (Å²) in [5.41, 5.74) is 0.659. The Balaban J connectivity index is 0. The van der Waals surface area contributed by atoms with Crippen molar-refractivity contribution in [2.75, 3.05) is 5.09 Å². The van der Waals surface area contributed by atoms with Crippen LogP contribution in [0.3, 0.4) is 0 Å². The smallest absolute Gasteiger partial charge is 0.269 e. The third kappa shape index (κ3) is 4.46. The van der Waals surface area contributed by atoms with E-state index in [-0.39, 0.29) is 30.5 Å². The molecule has 0 aliphatic heterocycles. The fourth-order valence-corrected chi connectivity index (χ4v) is 1.08. The van der Waals surface area contributed by atoms with Gasteiger partial charge in [-0.1, -0.05) is 0 Å². The molecule has 0 heterocycles. The first-order chi connectivity index (χ1) is 5.74. The number of non-ortho nitro benzene ring substituents is 1. The first kappa shape index (κ1) is 15.7. The van der Waals surface area contributed by atoms with E-state index in [0.29, 0.717) is 5.69 Å². The molecule has 0 aliphatic rings. The van der Waals surface area contributed by atoms with Gasteiger partial charge in [0, 0.05) is 17.8 Å². The molecule has 0 saturated carbocycles. The van der Waals surface area contributed by atoms with E-state index >= 15 is 0 Å². The number of halogens is 2. The maximum Gasteiger partial charge on any atom is 0.269 e. The molecule has 1 aromatic carbocycles. The van der Waals surface area contributed by atoms with Crippen LogP contribution in [0, 0.1) is 10.1 Å². The third-order valence-electron chi connectivity index (χ3n) is 1.30. The van der Waals surface area contributed by atoms with Crippen molar-refractivity contribution in [3.8, 4) is 0 Å². The van der Waals surface area contributed by atoms with Crippen molar-refractivity contribution in [2.24, 2.45) is 0 Å². The molecule has 80 valence electrons. The lowest BCUT2D eigenvalue weighted by Gasteiger charge is -1.96. The summed E-state index contributed by atoms with van der Waals surface area (Å²) < 4.78 is 10.2. The van der Waals surface area contributed by atoms with Gasteiger partial charge in [-0.25, -0.2) is 0 Å².